The van der Waals surface area contributed by atoms with Gasteiger partial charge >= 0.3 is 77.8 Å². The van der Waals surface area contributed by atoms with Crippen LogP contribution in [0.4, 0.5) is 0 Å². The first kappa shape index (κ1) is 34.8. The summed E-state index contributed by atoms with van der Waals surface area (Å²) in [6, 6.07) is 0. The minimum Gasteiger partial charge on any atom is -0.678 e. The van der Waals surface area contributed by atoms with Crippen LogP contribution in [0, 0.1) is 23.7 Å². The second kappa shape index (κ2) is 18.7. The first-order valence-corrected chi connectivity index (χ1v) is 13.4. The van der Waals surface area contributed by atoms with E-state index in [1.54, 1.807) is 0 Å². The first-order valence-electron chi connectivity index (χ1n) is 11.6. The summed E-state index contributed by atoms with van der Waals surface area (Å²) in [5, 5.41) is 9.34. The average Bonchev–Trinajstić information content (AvgIpc) is 2.46. The van der Waals surface area contributed by atoms with E-state index >= 15 is 0 Å². The Hall–Kier alpha value is 0.208. The van der Waals surface area contributed by atoms with Crippen molar-refractivity contribution in [1.82, 2.24) is 0 Å². The third kappa shape index (κ3) is 42.3. The molecule has 0 spiro atoms. The van der Waals surface area contributed by atoms with Gasteiger partial charge in [-0.05, 0) is 0 Å². The summed E-state index contributed by atoms with van der Waals surface area (Å²) < 4.78 is 9.01. The van der Waals surface area contributed by atoms with Crippen molar-refractivity contribution in [3.63, 3.8) is 0 Å². The van der Waals surface area contributed by atoms with Crippen molar-refractivity contribution in [3.8, 4) is 0 Å². The topological polar surface area (TPSA) is 52.9 Å². The van der Waals surface area contributed by atoms with Crippen LogP contribution >= 0.6 is 0 Å². The largest absolute Gasteiger partial charge is 0.678 e. The van der Waals surface area contributed by atoms with Crippen LogP contribution in [0.5, 0.6) is 0 Å². The van der Waals surface area contributed by atoms with Gasteiger partial charge in [-0.15, -0.1) is 13.1 Å². The molecule has 0 heterocycles. The predicted octanol–water partition coefficient (Wildman–Crippen LogP) is 9.07. The van der Waals surface area contributed by atoms with Gasteiger partial charge in [0.15, 0.2) is 0 Å². The molecule has 0 fully saturated rings. The Balaban J connectivity index is -0.000000425. The van der Waals surface area contributed by atoms with Gasteiger partial charge in [0.05, 0.1) is 0 Å². The number of hydrogen-bond acceptors (Lipinski definition) is 2. The van der Waals surface area contributed by atoms with E-state index in [0.29, 0.717) is 17.8 Å². The molecule has 0 aliphatic carbocycles. The average molecular weight is 508 g/mol. The Morgan fingerprint density at radius 3 is 1.17 bits per heavy atom. The zero-order valence-corrected chi connectivity index (χ0v) is 25.1. The first-order chi connectivity index (χ1) is 13.4. The van der Waals surface area contributed by atoms with Gasteiger partial charge in [0, 0.05) is 0 Å². The zero-order valence-electron chi connectivity index (χ0n) is 23.1. The Morgan fingerprint density at radius 2 is 0.967 bits per heavy atom. The van der Waals surface area contributed by atoms with Crippen molar-refractivity contribution >= 4 is 0 Å². The van der Waals surface area contributed by atoms with Crippen LogP contribution in [0.1, 0.15) is 110 Å². The van der Waals surface area contributed by atoms with E-state index in [1.165, 1.54) is 5.92 Å². The molecule has 0 amide bonds. The van der Waals surface area contributed by atoms with E-state index in [9.17, 15) is 0 Å². The summed E-state index contributed by atoms with van der Waals surface area (Å²) in [5.41, 5.74) is 0.216. The second-order valence-electron chi connectivity index (χ2n) is 11.7. The van der Waals surface area contributed by atoms with E-state index in [2.05, 4.69) is 121 Å². The van der Waals surface area contributed by atoms with E-state index in [-0.39, 0.29) is 17.2 Å². The summed E-state index contributed by atoms with van der Waals surface area (Å²) >= 11 is -0.473. The van der Waals surface area contributed by atoms with Crippen molar-refractivity contribution in [1.29, 1.82) is 0 Å². The molecule has 0 aromatic heterocycles. The monoisotopic (exact) mass is 509 g/mol. The fourth-order valence-corrected chi connectivity index (χ4v) is 2.86. The molecular weight excluding hydrogens is 452 g/mol. The number of hydrogen-bond donors (Lipinski definition) is 0. The maximum atomic E-state index is 4.67. The van der Waals surface area contributed by atoms with Crippen LogP contribution in [0.15, 0.2) is 6.99 Å². The van der Waals surface area contributed by atoms with Gasteiger partial charge in [0.2, 0.25) is 0 Å². The van der Waals surface area contributed by atoms with E-state index in [1.807, 2.05) is 0 Å². The minimum atomic E-state index is -0.473. The molecule has 0 atom stereocenters. The van der Waals surface area contributed by atoms with E-state index in [0.717, 1.165) is 19.5 Å². The second-order valence-corrected chi connectivity index (χ2v) is 13.0. The maximum Gasteiger partial charge on any atom is -0.0501 e. The van der Waals surface area contributed by atoms with Crippen molar-refractivity contribution < 1.29 is 18.2 Å². The molecule has 0 radical (unpaired) electrons. The molecule has 0 rings (SSSR count). The normalized spacial score (nSPS) is 12.0. The van der Waals surface area contributed by atoms with E-state index in [4.69, 9.17) is 0 Å². The summed E-state index contributed by atoms with van der Waals surface area (Å²) in [4.78, 5) is 0. The SMILES string of the molecule is CC(C)(C)[N]=[Mo]=[N]C(C)(C)C.CC(C)C[N-]C(CC(C)C)[N-]CC(C)C.C[C-](C)C. The van der Waals surface area contributed by atoms with E-state index < -0.39 is 18.2 Å². The van der Waals surface area contributed by atoms with Crippen LogP contribution in [-0.4, -0.2) is 30.3 Å². The Labute approximate surface area is 199 Å². The Morgan fingerprint density at radius 1 is 0.667 bits per heavy atom. The Kier molecular flexibility index (Phi) is 21.8. The van der Waals surface area contributed by atoms with Crippen molar-refractivity contribution in [2.24, 2.45) is 24.7 Å². The number of nitrogens with zero attached hydrogens (tertiary/aromatic N) is 4. The number of rotatable bonds is 8. The predicted molar refractivity (Wildman–Crippen MR) is 134 cm³/mol. The van der Waals surface area contributed by atoms with Gasteiger partial charge < -0.3 is 16.6 Å². The third-order valence-electron chi connectivity index (χ3n) is 2.67. The molecule has 0 unspecified atom stereocenters. The van der Waals surface area contributed by atoms with Crippen LogP contribution in [-0.2, 0) is 18.2 Å². The van der Waals surface area contributed by atoms with Gasteiger partial charge in [-0.1, -0.05) is 65.7 Å². The van der Waals surface area contributed by atoms with Gasteiger partial charge in [-0.2, -0.15) is 20.8 Å². The summed E-state index contributed by atoms with van der Waals surface area (Å²) in [6.07, 6.45) is 1.33. The van der Waals surface area contributed by atoms with Crippen molar-refractivity contribution in [2.75, 3.05) is 13.1 Å². The molecule has 184 valence electrons. The summed E-state index contributed by atoms with van der Waals surface area (Å²) in [7, 11) is 0. The van der Waals surface area contributed by atoms with Crippen LogP contribution in [0.2, 0.25) is 0 Å². The molecule has 0 bridgehead atoms. The zero-order chi connectivity index (χ0) is 24.5. The molecular formula is C25H55MoN4-3. The Bertz CT molecular complexity index is 404. The quantitative estimate of drug-likeness (QED) is 0.232. The molecule has 0 saturated heterocycles. The molecule has 4 nitrogen and oxygen atoms in total. The molecule has 30 heavy (non-hydrogen) atoms. The summed E-state index contributed by atoms with van der Waals surface area (Å²) in [5.74, 6) is 3.39. The van der Waals surface area contributed by atoms with Crippen LogP contribution in [0.25, 0.3) is 10.6 Å². The molecule has 0 aliphatic heterocycles. The van der Waals surface area contributed by atoms with Gasteiger partial charge in [0.1, 0.15) is 0 Å². The van der Waals surface area contributed by atoms with Crippen LogP contribution < -0.4 is 0 Å². The molecule has 0 aromatic rings. The molecule has 0 aromatic carbocycles. The minimum absolute atomic E-state index is 0.108. The van der Waals surface area contributed by atoms with Crippen molar-refractivity contribution in [2.45, 2.75) is 128 Å². The standard InChI is InChI=1S/C13H28N2.2C4H9N.C4H9.Mo/c1-10(2)7-13(14-8-11(3)4)15-9-12(5)6;2*1-4(2,3)5;1-4(2)3;/h10-13H,7-9H2,1-6H3;2*1-3H3;1-3H3;/q-2;;;-1;. The third-order valence-corrected chi connectivity index (χ3v) is 5.77. The maximum absolute atomic E-state index is 4.67. The van der Waals surface area contributed by atoms with Crippen molar-refractivity contribution in [3.05, 3.63) is 16.6 Å². The summed E-state index contributed by atoms with van der Waals surface area (Å²) in [6.45, 7) is 34.2. The smallest absolute Gasteiger partial charge is 0.0501 e. The van der Waals surface area contributed by atoms with Gasteiger partial charge in [-0.3, -0.25) is 0 Å². The molecule has 0 saturated carbocycles. The molecule has 0 aliphatic rings. The molecule has 5 heteroatoms. The van der Waals surface area contributed by atoms with Crippen LogP contribution in [0.3, 0.4) is 0 Å². The molecule has 0 N–H and O–H groups in total. The van der Waals surface area contributed by atoms with Gasteiger partial charge in [-0.25, -0.2) is 6.17 Å². The fraction of sp³-hybridized carbons (Fsp3) is 0.960. The fourth-order valence-electron chi connectivity index (χ4n) is 1.56. The van der Waals surface area contributed by atoms with Gasteiger partial charge in [0.25, 0.3) is 0 Å².